The fourth-order valence-electron chi connectivity index (χ4n) is 2.25. The molecule has 4 nitrogen and oxygen atoms in total. The first kappa shape index (κ1) is 18.5. The van der Waals surface area contributed by atoms with Crippen LogP contribution < -0.4 is 4.74 Å². The maximum Gasteiger partial charge on any atom is 0.363 e. The molecule has 1 heterocycles. The Balaban J connectivity index is 1.92. The average molecular weight is 481 g/mol. The van der Waals surface area contributed by atoms with Crippen LogP contribution in [0.2, 0.25) is 0 Å². The zero-order valence-corrected chi connectivity index (χ0v) is 16.5. The molecule has 0 atom stereocenters. The minimum absolute atomic E-state index is 0.0739. The summed E-state index contributed by atoms with van der Waals surface area (Å²) >= 11 is 6.87. The predicted molar refractivity (Wildman–Crippen MR) is 105 cm³/mol. The maximum atomic E-state index is 13.3. The van der Waals surface area contributed by atoms with Crippen molar-refractivity contribution in [2.45, 2.75) is 0 Å². The van der Waals surface area contributed by atoms with Crippen LogP contribution in [0.3, 0.4) is 0 Å². The second-order valence-corrected chi connectivity index (χ2v) is 6.97. The van der Waals surface area contributed by atoms with Crippen molar-refractivity contribution < 1.29 is 18.7 Å². The van der Waals surface area contributed by atoms with Crippen LogP contribution in [0.4, 0.5) is 4.39 Å². The van der Waals surface area contributed by atoms with Gasteiger partial charge in [-0.25, -0.2) is 14.2 Å². The van der Waals surface area contributed by atoms with Gasteiger partial charge in [0.2, 0.25) is 5.90 Å². The van der Waals surface area contributed by atoms with Crippen LogP contribution in [0.15, 0.2) is 68.7 Å². The van der Waals surface area contributed by atoms with Crippen molar-refractivity contribution in [3.05, 3.63) is 80.6 Å². The molecule has 0 fully saturated rings. The highest BCUT2D eigenvalue weighted by atomic mass is 79.9. The third-order valence-electron chi connectivity index (χ3n) is 3.36. The normalized spacial score (nSPS) is 15.0. The van der Waals surface area contributed by atoms with E-state index >= 15 is 0 Å². The van der Waals surface area contributed by atoms with Gasteiger partial charge in [-0.2, -0.15) is 0 Å². The lowest BCUT2D eigenvalue weighted by molar-refractivity contribution is -0.129. The van der Waals surface area contributed by atoms with Gasteiger partial charge in [-0.05, 0) is 73.8 Å². The third kappa shape index (κ3) is 4.11. The molecule has 0 spiro atoms. The first-order valence-electron chi connectivity index (χ1n) is 7.49. The van der Waals surface area contributed by atoms with E-state index < -0.39 is 11.8 Å². The number of halogens is 3. The topological polar surface area (TPSA) is 47.9 Å². The van der Waals surface area contributed by atoms with Gasteiger partial charge in [0, 0.05) is 5.56 Å². The Hall–Kier alpha value is -2.25. The molecule has 0 saturated heterocycles. The molecule has 0 amide bonds. The minimum Gasteiger partial charge on any atom is -0.487 e. The number of carbonyl (C=O) groups excluding carboxylic acids is 1. The van der Waals surface area contributed by atoms with E-state index in [0.717, 1.165) is 0 Å². The molecule has 3 rings (SSSR count). The fourth-order valence-corrected chi connectivity index (χ4v) is 3.71. The molecule has 2 aromatic rings. The van der Waals surface area contributed by atoms with Crippen LogP contribution in [-0.2, 0) is 9.53 Å². The van der Waals surface area contributed by atoms with E-state index in [0.29, 0.717) is 32.4 Å². The minimum atomic E-state index is -0.594. The highest BCUT2D eigenvalue weighted by Gasteiger charge is 2.24. The summed E-state index contributed by atoms with van der Waals surface area (Å²) in [6, 6.07) is 9.30. The number of esters is 1. The summed E-state index contributed by atoms with van der Waals surface area (Å²) in [7, 11) is 0. The van der Waals surface area contributed by atoms with Crippen molar-refractivity contribution in [3.63, 3.8) is 0 Å². The van der Waals surface area contributed by atoms with Crippen LogP contribution >= 0.6 is 31.9 Å². The van der Waals surface area contributed by atoms with Gasteiger partial charge in [0.25, 0.3) is 0 Å². The first-order valence-corrected chi connectivity index (χ1v) is 9.08. The van der Waals surface area contributed by atoms with Gasteiger partial charge in [-0.1, -0.05) is 18.7 Å². The van der Waals surface area contributed by atoms with Crippen LogP contribution in [0.1, 0.15) is 11.1 Å². The number of nitrogens with zero attached hydrogens (tertiary/aromatic N) is 1. The number of hydrogen-bond donors (Lipinski definition) is 0. The zero-order valence-electron chi connectivity index (χ0n) is 13.3. The molecule has 26 heavy (non-hydrogen) atoms. The molecule has 0 bridgehead atoms. The smallest absolute Gasteiger partial charge is 0.363 e. The molecule has 0 N–H and O–H groups in total. The van der Waals surface area contributed by atoms with E-state index in [1.807, 2.05) is 0 Å². The van der Waals surface area contributed by atoms with E-state index in [-0.39, 0.29) is 11.6 Å². The summed E-state index contributed by atoms with van der Waals surface area (Å²) < 4.78 is 25.5. The van der Waals surface area contributed by atoms with Gasteiger partial charge in [-0.15, -0.1) is 0 Å². The lowest BCUT2D eigenvalue weighted by atomic mass is 10.2. The van der Waals surface area contributed by atoms with Crippen molar-refractivity contribution in [3.8, 4) is 5.75 Å². The Bertz CT molecular complexity index is 931. The van der Waals surface area contributed by atoms with Gasteiger partial charge >= 0.3 is 5.97 Å². The van der Waals surface area contributed by atoms with Gasteiger partial charge in [0.15, 0.2) is 5.70 Å². The Kier molecular flexibility index (Phi) is 5.68. The number of carbonyl (C=O) groups is 1. The monoisotopic (exact) mass is 479 g/mol. The molecule has 2 aromatic carbocycles. The Morgan fingerprint density at radius 2 is 1.96 bits per heavy atom. The summed E-state index contributed by atoms with van der Waals surface area (Å²) in [5.41, 5.74) is 1.24. The molecule has 7 heteroatoms. The fraction of sp³-hybridized carbons (Fsp3) is 0.0526. The Morgan fingerprint density at radius 1 is 1.23 bits per heavy atom. The van der Waals surface area contributed by atoms with Crippen molar-refractivity contribution in [2.75, 3.05) is 6.61 Å². The van der Waals surface area contributed by atoms with Gasteiger partial charge in [0.05, 0.1) is 8.95 Å². The summed E-state index contributed by atoms with van der Waals surface area (Å²) in [6.07, 6.45) is 3.23. The lowest BCUT2D eigenvalue weighted by Crippen LogP contribution is -2.05. The number of rotatable bonds is 5. The van der Waals surface area contributed by atoms with Crippen LogP contribution in [0.25, 0.3) is 6.08 Å². The van der Waals surface area contributed by atoms with Gasteiger partial charge in [-0.3, -0.25) is 0 Å². The molecule has 0 saturated carbocycles. The van der Waals surface area contributed by atoms with Crippen molar-refractivity contribution in [1.29, 1.82) is 0 Å². The van der Waals surface area contributed by atoms with Crippen LogP contribution in [0, 0.1) is 5.82 Å². The highest BCUT2D eigenvalue weighted by molar-refractivity contribution is 9.11. The van der Waals surface area contributed by atoms with E-state index in [2.05, 4.69) is 43.4 Å². The Labute approximate surface area is 166 Å². The summed E-state index contributed by atoms with van der Waals surface area (Å²) in [5.74, 6) is -0.319. The number of aliphatic imine (C=N–C) groups is 1. The van der Waals surface area contributed by atoms with Crippen molar-refractivity contribution >= 4 is 49.8 Å². The third-order valence-corrected chi connectivity index (χ3v) is 4.54. The van der Waals surface area contributed by atoms with E-state index in [1.165, 1.54) is 18.2 Å². The first-order chi connectivity index (χ1) is 12.5. The van der Waals surface area contributed by atoms with E-state index in [4.69, 9.17) is 9.47 Å². The largest absolute Gasteiger partial charge is 0.487 e. The SMILES string of the molecule is C=CCOc1c(Br)cc(/C=C2\N=C(c3cccc(F)c3)OC2=O)cc1Br. The molecule has 0 aliphatic carbocycles. The summed E-state index contributed by atoms with van der Waals surface area (Å²) in [5, 5.41) is 0. The van der Waals surface area contributed by atoms with Crippen molar-refractivity contribution in [2.24, 2.45) is 4.99 Å². The average Bonchev–Trinajstić information content (AvgIpc) is 2.95. The van der Waals surface area contributed by atoms with Crippen molar-refractivity contribution in [1.82, 2.24) is 0 Å². The van der Waals surface area contributed by atoms with E-state index in [9.17, 15) is 9.18 Å². The second kappa shape index (κ2) is 7.97. The molecule has 1 aliphatic rings. The second-order valence-electron chi connectivity index (χ2n) is 5.26. The molecule has 132 valence electrons. The zero-order chi connectivity index (χ0) is 18.7. The molecule has 0 aromatic heterocycles. The van der Waals surface area contributed by atoms with Gasteiger partial charge in [0.1, 0.15) is 18.2 Å². The summed E-state index contributed by atoms with van der Waals surface area (Å²) in [4.78, 5) is 16.2. The highest BCUT2D eigenvalue weighted by Crippen LogP contribution is 2.35. The molecule has 0 radical (unpaired) electrons. The van der Waals surface area contributed by atoms with Crippen LogP contribution in [0.5, 0.6) is 5.75 Å². The number of benzene rings is 2. The lowest BCUT2D eigenvalue weighted by Gasteiger charge is -2.09. The predicted octanol–water partition coefficient (Wildman–Crippen LogP) is 5.26. The van der Waals surface area contributed by atoms with E-state index in [1.54, 1.807) is 30.4 Å². The maximum absolute atomic E-state index is 13.3. The number of cyclic esters (lactones) is 1. The number of ether oxygens (including phenoxy) is 2. The molecule has 1 aliphatic heterocycles. The molecular weight excluding hydrogens is 469 g/mol. The standard InChI is InChI=1S/C19H12Br2FNO3/c1-2-6-25-17-14(20)7-11(8-15(17)21)9-16-19(24)26-18(23-16)12-4-3-5-13(22)10-12/h2-5,7-10H,1,6H2/b16-9-. The number of hydrogen-bond acceptors (Lipinski definition) is 4. The van der Waals surface area contributed by atoms with Crippen LogP contribution in [-0.4, -0.2) is 18.5 Å². The van der Waals surface area contributed by atoms with Gasteiger partial charge < -0.3 is 9.47 Å². The molecular formula is C19H12Br2FNO3. The molecule has 0 unspecified atom stereocenters. The summed E-state index contributed by atoms with van der Waals surface area (Å²) in [6.45, 7) is 3.98. The Morgan fingerprint density at radius 3 is 2.62 bits per heavy atom. The quantitative estimate of drug-likeness (QED) is 0.333.